The molecule has 3 heterocycles. The number of fused-ring (bicyclic) bond motifs is 1. The molecular weight excluding hydrogens is 483 g/mol. The SMILES string of the molecule is CCCc1cc(C)[nH]c(=O)c1CNC(=O)c1cc(-c2ccc(C(F)(F)F)cn2)cc2c1cnn2C(C)C. The van der Waals surface area contributed by atoms with Gasteiger partial charge in [-0.25, -0.2) is 0 Å². The van der Waals surface area contributed by atoms with Gasteiger partial charge in [0.15, 0.2) is 0 Å². The summed E-state index contributed by atoms with van der Waals surface area (Å²) in [6, 6.07) is 7.49. The van der Waals surface area contributed by atoms with Gasteiger partial charge >= 0.3 is 6.18 Å². The van der Waals surface area contributed by atoms with Crippen molar-refractivity contribution in [3.05, 3.63) is 81.0 Å². The first-order chi connectivity index (χ1) is 17.5. The molecule has 37 heavy (non-hydrogen) atoms. The Labute approximate surface area is 211 Å². The molecule has 10 heteroatoms. The van der Waals surface area contributed by atoms with Crippen molar-refractivity contribution in [3.63, 3.8) is 0 Å². The lowest BCUT2D eigenvalue weighted by molar-refractivity contribution is -0.137. The van der Waals surface area contributed by atoms with E-state index in [9.17, 15) is 22.8 Å². The van der Waals surface area contributed by atoms with E-state index in [-0.39, 0.29) is 18.1 Å². The van der Waals surface area contributed by atoms with Crippen LogP contribution in [0.3, 0.4) is 0 Å². The van der Waals surface area contributed by atoms with E-state index in [1.807, 2.05) is 33.8 Å². The van der Waals surface area contributed by atoms with Crippen LogP contribution >= 0.6 is 0 Å². The molecule has 0 bridgehead atoms. The summed E-state index contributed by atoms with van der Waals surface area (Å²) in [6.45, 7) is 7.74. The number of hydrogen-bond acceptors (Lipinski definition) is 4. The maximum absolute atomic E-state index is 13.4. The van der Waals surface area contributed by atoms with E-state index in [1.165, 1.54) is 6.07 Å². The molecule has 1 aromatic carbocycles. The Hall–Kier alpha value is -3.95. The first-order valence-corrected chi connectivity index (χ1v) is 12.0. The third kappa shape index (κ3) is 5.42. The molecule has 194 valence electrons. The Balaban J connectivity index is 1.74. The van der Waals surface area contributed by atoms with Crippen molar-refractivity contribution < 1.29 is 18.0 Å². The van der Waals surface area contributed by atoms with Gasteiger partial charge in [0, 0.05) is 41.0 Å². The number of H-pyrrole nitrogens is 1. The fraction of sp³-hybridized carbons (Fsp3) is 0.333. The van der Waals surface area contributed by atoms with Crippen molar-refractivity contribution in [2.24, 2.45) is 0 Å². The third-order valence-electron chi connectivity index (χ3n) is 6.14. The Morgan fingerprint density at radius 3 is 2.54 bits per heavy atom. The molecule has 4 aromatic rings. The van der Waals surface area contributed by atoms with Crippen molar-refractivity contribution in [2.75, 3.05) is 0 Å². The van der Waals surface area contributed by atoms with Crippen LogP contribution in [-0.2, 0) is 19.1 Å². The minimum Gasteiger partial charge on any atom is -0.348 e. The standard InChI is InChI=1S/C27H28F3N5O2/c1-5-6-17-9-16(4)34-26(37)21(17)13-32-25(36)20-10-18(11-24-22(20)14-33-35(24)15(2)3)23-8-7-19(12-31-23)27(28,29)30/h7-12,14-15H,5-6,13H2,1-4H3,(H,32,36)(H,34,37). The molecule has 0 aliphatic carbocycles. The van der Waals surface area contributed by atoms with Gasteiger partial charge in [-0.05, 0) is 63.1 Å². The average molecular weight is 512 g/mol. The van der Waals surface area contributed by atoms with Crippen LogP contribution in [0.2, 0.25) is 0 Å². The topological polar surface area (TPSA) is 92.7 Å². The molecule has 0 radical (unpaired) electrons. The highest BCUT2D eigenvalue weighted by atomic mass is 19.4. The van der Waals surface area contributed by atoms with Crippen LogP contribution in [0, 0.1) is 6.92 Å². The van der Waals surface area contributed by atoms with Gasteiger partial charge < -0.3 is 10.3 Å². The van der Waals surface area contributed by atoms with E-state index in [0.29, 0.717) is 39.7 Å². The van der Waals surface area contributed by atoms with Crippen molar-refractivity contribution >= 4 is 16.8 Å². The quantitative estimate of drug-likeness (QED) is 0.339. The van der Waals surface area contributed by atoms with Crippen LogP contribution in [0.5, 0.6) is 0 Å². The average Bonchev–Trinajstić information content (AvgIpc) is 3.27. The number of halogens is 3. The van der Waals surface area contributed by atoms with Gasteiger partial charge in [0.1, 0.15) is 0 Å². The summed E-state index contributed by atoms with van der Waals surface area (Å²) >= 11 is 0. The lowest BCUT2D eigenvalue weighted by Gasteiger charge is -2.13. The predicted octanol–water partition coefficient (Wildman–Crippen LogP) is 5.58. The van der Waals surface area contributed by atoms with E-state index < -0.39 is 17.6 Å². The van der Waals surface area contributed by atoms with E-state index in [4.69, 9.17) is 0 Å². The molecule has 0 spiro atoms. The summed E-state index contributed by atoms with van der Waals surface area (Å²) in [5.41, 5.74) is 2.75. The normalized spacial score (nSPS) is 11.9. The Morgan fingerprint density at radius 2 is 1.92 bits per heavy atom. The van der Waals surface area contributed by atoms with Crippen molar-refractivity contribution in [3.8, 4) is 11.3 Å². The number of hydrogen-bond donors (Lipinski definition) is 2. The molecule has 0 fully saturated rings. The molecule has 0 saturated heterocycles. The number of carbonyl (C=O) groups is 1. The maximum atomic E-state index is 13.4. The zero-order valence-electron chi connectivity index (χ0n) is 21.0. The van der Waals surface area contributed by atoms with Crippen LogP contribution < -0.4 is 10.9 Å². The van der Waals surface area contributed by atoms with Crippen LogP contribution in [0.4, 0.5) is 13.2 Å². The number of benzene rings is 1. The Morgan fingerprint density at radius 1 is 1.16 bits per heavy atom. The molecule has 2 N–H and O–H groups in total. The number of carbonyl (C=O) groups excluding carboxylic acids is 1. The van der Waals surface area contributed by atoms with Crippen molar-refractivity contribution in [2.45, 2.75) is 59.3 Å². The first-order valence-electron chi connectivity index (χ1n) is 12.0. The van der Waals surface area contributed by atoms with Crippen LogP contribution in [0.1, 0.15) is 66.0 Å². The van der Waals surface area contributed by atoms with Crippen LogP contribution in [0.25, 0.3) is 22.2 Å². The summed E-state index contributed by atoms with van der Waals surface area (Å²) in [6.07, 6.45) is -0.577. The van der Waals surface area contributed by atoms with Gasteiger partial charge in [-0.2, -0.15) is 18.3 Å². The monoisotopic (exact) mass is 511 g/mol. The summed E-state index contributed by atoms with van der Waals surface area (Å²) < 4.78 is 40.8. The van der Waals surface area contributed by atoms with Crippen LogP contribution in [0.15, 0.2) is 47.5 Å². The first kappa shape index (κ1) is 26.1. The minimum absolute atomic E-state index is 0.0213. The molecule has 0 unspecified atom stereocenters. The number of pyridine rings is 2. The number of amides is 1. The molecule has 3 aromatic heterocycles. The largest absolute Gasteiger partial charge is 0.417 e. The lowest BCUT2D eigenvalue weighted by Crippen LogP contribution is -2.28. The molecule has 1 amide bonds. The van der Waals surface area contributed by atoms with Gasteiger partial charge in [-0.3, -0.25) is 19.3 Å². The van der Waals surface area contributed by atoms with E-state index in [0.717, 1.165) is 29.9 Å². The molecule has 4 rings (SSSR count). The molecule has 0 aliphatic heterocycles. The van der Waals surface area contributed by atoms with Gasteiger partial charge in [0.05, 0.1) is 28.5 Å². The lowest BCUT2D eigenvalue weighted by atomic mass is 10.0. The zero-order valence-corrected chi connectivity index (χ0v) is 21.0. The Kier molecular flexibility index (Phi) is 7.20. The number of nitrogens with one attached hydrogen (secondary N) is 2. The summed E-state index contributed by atoms with van der Waals surface area (Å²) in [7, 11) is 0. The third-order valence-corrected chi connectivity index (χ3v) is 6.14. The number of aryl methyl sites for hydroxylation is 2. The second-order valence-corrected chi connectivity index (χ2v) is 9.29. The number of nitrogens with zero attached hydrogens (tertiary/aromatic N) is 3. The van der Waals surface area contributed by atoms with Gasteiger partial charge in [0.25, 0.3) is 11.5 Å². The minimum atomic E-state index is -4.50. The maximum Gasteiger partial charge on any atom is 0.417 e. The van der Waals surface area contributed by atoms with E-state index >= 15 is 0 Å². The van der Waals surface area contributed by atoms with Crippen LogP contribution in [-0.4, -0.2) is 25.7 Å². The number of alkyl halides is 3. The number of rotatable bonds is 7. The molecule has 7 nitrogen and oxygen atoms in total. The summed E-state index contributed by atoms with van der Waals surface area (Å²) in [5, 5.41) is 7.85. The fourth-order valence-corrected chi connectivity index (χ4v) is 4.36. The Bertz CT molecular complexity index is 1500. The number of aromatic nitrogens is 4. The summed E-state index contributed by atoms with van der Waals surface area (Å²) in [4.78, 5) is 32.8. The van der Waals surface area contributed by atoms with Gasteiger partial charge in [-0.1, -0.05) is 13.3 Å². The highest BCUT2D eigenvalue weighted by Crippen LogP contribution is 2.32. The van der Waals surface area contributed by atoms with E-state index in [1.54, 1.807) is 23.0 Å². The van der Waals surface area contributed by atoms with Gasteiger partial charge in [-0.15, -0.1) is 0 Å². The van der Waals surface area contributed by atoms with Gasteiger partial charge in [0.2, 0.25) is 0 Å². The van der Waals surface area contributed by atoms with E-state index in [2.05, 4.69) is 20.4 Å². The molecule has 0 atom stereocenters. The smallest absolute Gasteiger partial charge is 0.348 e. The van der Waals surface area contributed by atoms with Crippen molar-refractivity contribution in [1.29, 1.82) is 0 Å². The second-order valence-electron chi connectivity index (χ2n) is 9.29. The fourth-order valence-electron chi connectivity index (χ4n) is 4.36. The van der Waals surface area contributed by atoms with Crippen molar-refractivity contribution in [1.82, 2.24) is 25.1 Å². The highest BCUT2D eigenvalue weighted by molar-refractivity contribution is 6.07. The molecular formula is C27H28F3N5O2. The highest BCUT2D eigenvalue weighted by Gasteiger charge is 2.30. The molecule has 0 aliphatic rings. The predicted molar refractivity (Wildman–Crippen MR) is 135 cm³/mol. The molecule has 0 saturated carbocycles. The summed E-state index contributed by atoms with van der Waals surface area (Å²) in [5.74, 6) is -0.426. The number of aromatic amines is 1. The second kappa shape index (κ2) is 10.2. The zero-order chi connectivity index (χ0) is 26.9.